The van der Waals surface area contributed by atoms with Crippen LogP contribution in [0.3, 0.4) is 0 Å². The van der Waals surface area contributed by atoms with Crippen LogP contribution in [0.25, 0.3) is 0 Å². The predicted octanol–water partition coefficient (Wildman–Crippen LogP) is 0.239. The van der Waals surface area contributed by atoms with Crippen molar-refractivity contribution in [3.8, 4) is 11.8 Å². The number of hydrogen-bond donors (Lipinski definition) is 2. The molecule has 0 spiro atoms. The highest BCUT2D eigenvalue weighted by Gasteiger charge is 2.25. The second-order valence-corrected chi connectivity index (χ2v) is 6.40. The summed E-state index contributed by atoms with van der Waals surface area (Å²) in [6.07, 6.45) is 3.27. The highest BCUT2D eigenvalue weighted by atomic mass is 32.2. The molecular weight excluding hydrogens is 274 g/mol. The van der Waals surface area contributed by atoms with Gasteiger partial charge in [-0.25, -0.2) is 9.71 Å². The van der Waals surface area contributed by atoms with Gasteiger partial charge in [0.1, 0.15) is 6.61 Å². The van der Waals surface area contributed by atoms with Crippen LogP contribution in [0.15, 0.2) is 6.20 Å². The van der Waals surface area contributed by atoms with Crippen LogP contribution >= 0.6 is 11.3 Å². The van der Waals surface area contributed by atoms with E-state index in [1.54, 1.807) is 0 Å². The molecule has 0 bridgehead atoms. The molecule has 8 heteroatoms. The van der Waals surface area contributed by atoms with E-state index in [-0.39, 0.29) is 6.61 Å². The van der Waals surface area contributed by atoms with Gasteiger partial charge in [-0.05, 0) is 12.8 Å². The molecule has 0 unspecified atom stereocenters. The lowest BCUT2D eigenvalue weighted by atomic mass is 10.4. The Hall–Kier alpha value is -1.14. The van der Waals surface area contributed by atoms with Crippen LogP contribution in [0.2, 0.25) is 0 Å². The van der Waals surface area contributed by atoms with E-state index in [0.29, 0.717) is 23.1 Å². The molecule has 0 atom stereocenters. The normalized spacial score (nSPS) is 16.3. The van der Waals surface area contributed by atoms with E-state index >= 15 is 0 Å². The van der Waals surface area contributed by atoms with Crippen LogP contribution in [0.5, 0.6) is 0 Å². The van der Waals surface area contributed by atoms with E-state index in [9.17, 15) is 8.42 Å². The molecule has 0 aliphatic carbocycles. The molecule has 2 N–H and O–H groups in total. The van der Waals surface area contributed by atoms with Gasteiger partial charge in [0, 0.05) is 13.1 Å². The Morgan fingerprint density at radius 3 is 2.89 bits per heavy atom. The molecule has 1 aliphatic rings. The van der Waals surface area contributed by atoms with Crippen molar-refractivity contribution in [2.75, 3.05) is 24.4 Å². The first kappa shape index (κ1) is 13.3. The summed E-state index contributed by atoms with van der Waals surface area (Å²) < 4.78 is 27.7. The third kappa shape index (κ3) is 3.20. The molecule has 1 saturated heterocycles. The van der Waals surface area contributed by atoms with Crippen molar-refractivity contribution < 1.29 is 13.5 Å². The van der Waals surface area contributed by atoms with Crippen molar-refractivity contribution in [3.63, 3.8) is 0 Å². The van der Waals surface area contributed by atoms with Crippen LogP contribution in [0.1, 0.15) is 17.7 Å². The molecule has 98 valence electrons. The van der Waals surface area contributed by atoms with E-state index in [2.05, 4.69) is 21.5 Å². The molecule has 1 aliphatic heterocycles. The first-order chi connectivity index (χ1) is 8.62. The number of nitrogens with zero attached hydrogens (tertiary/aromatic N) is 2. The van der Waals surface area contributed by atoms with Crippen molar-refractivity contribution >= 4 is 26.7 Å². The van der Waals surface area contributed by atoms with Crippen molar-refractivity contribution in [3.05, 3.63) is 11.1 Å². The topological polar surface area (TPSA) is 82.5 Å². The SMILES string of the molecule is O=S(=O)(Nc1ncc(C#CCO)s1)N1CCCC1. The zero-order chi connectivity index (χ0) is 13.0. The minimum atomic E-state index is -3.49. The van der Waals surface area contributed by atoms with Gasteiger partial charge in [0.15, 0.2) is 5.13 Å². The average molecular weight is 287 g/mol. The number of anilines is 1. The first-order valence-electron chi connectivity index (χ1n) is 5.45. The van der Waals surface area contributed by atoms with Crippen LogP contribution in [-0.4, -0.2) is 42.5 Å². The third-order valence-corrected chi connectivity index (χ3v) is 4.87. The van der Waals surface area contributed by atoms with Gasteiger partial charge in [0.2, 0.25) is 0 Å². The molecule has 1 aromatic heterocycles. The largest absolute Gasteiger partial charge is 0.384 e. The minimum Gasteiger partial charge on any atom is -0.384 e. The zero-order valence-electron chi connectivity index (χ0n) is 9.59. The molecule has 0 aromatic carbocycles. The van der Waals surface area contributed by atoms with E-state index in [4.69, 9.17) is 5.11 Å². The quantitative estimate of drug-likeness (QED) is 0.780. The Morgan fingerprint density at radius 2 is 2.22 bits per heavy atom. The molecule has 18 heavy (non-hydrogen) atoms. The van der Waals surface area contributed by atoms with Gasteiger partial charge in [-0.2, -0.15) is 12.7 Å². The number of rotatable bonds is 3. The van der Waals surface area contributed by atoms with Gasteiger partial charge in [-0.3, -0.25) is 0 Å². The minimum absolute atomic E-state index is 0.229. The van der Waals surface area contributed by atoms with Gasteiger partial charge in [-0.1, -0.05) is 23.2 Å². The molecular formula is C10H13N3O3S2. The molecule has 6 nitrogen and oxygen atoms in total. The average Bonchev–Trinajstić information content (AvgIpc) is 2.96. The summed E-state index contributed by atoms with van der Waals surface area (Å²) in [5, 5.41) is 8.85. The lowest BCUT2D eigenvalue weighted by Crippen LogP contribution is -2.33. The summed E-state index contributed by atoms with van der Waals surface area (Å²) in [5.41, 5.74) is 0. The van der Waals surface area contributed by atoms with Crippen LogP contribution in [0, 0.1) is 11.8 Å². The first-order valence-corrected chi connectivity index (χ1v) is 7.71. The summed E-state index contributed by atoms with van der Waals surface area (Å²) in [5.74, 6) is 5.16. The Morgan fingerprint density at radius 1 is 1.50 bits per heavy atom. The number of hydrogen-bond acceptors (Lipinski definition) is 5. The van der Waals surface area contributed by atoms with Crippen molar-refractivity contribution in [2.24, 2.45) is 0 Å². The van der Waals surface area contributed by atoms with Gasteiger partial charge in [-0.15, -0.1) is 0 Å². The maximum atomic E-state index is 11.9. The van der Waals surface area contributed by atoms with Gasteiger partial charge in [0.05, 0.1) is 11.1 Å². The monoisotopic (exact) mass is 287 g/mol. The predicted molar refractivity (Wildman–Crippen MR) is 69.4 cm³/mol. The molecule has 0 amide bonds. The van der Waals surface area contributed by atoms with E-state index < -0.39 is 10.2 Å². The Bertz CT molecular complexity index is 565. The fourth-order valence-corrected chi connectivity index (χ4v) is 3.78. The number of aliphatic hydroxyl groups is 1. The highest BCUT2D eigenvalue weighted by Crippen LogP contribution is 2.21. The standard InChI is InChI=1S/C10H13N3O3S2/c14-7-3-4-9-8-11-10(17-9)12-18(15,16)13-5-1-2-6-13/h8,14H,1-2,5-7H2,(H,11,12). The zero-order valence-corrected chi connectivity index (χ0v) is 11.2. The Kier molecular flexibility index (Phi) is 4.19. The second kappa shape index (κ2) is 5.67. The van der Waals surface area contributed by atoms with Crippen molar-refractivity contribution in [1.29, 1.82) is 0 Å². The lowest BCUT2D eigenvalue weighted by molar-refractivity contribution is 0.350. The van der Waals surface area contributed by atoms with Gasteiger partial charge < -0.3 is 5.11 Å². The smallest absolute Gasteiger partial charge is 0.303 e. The number of aliphatic hydroxyl groups excluding tert-OH is 1. The fraction of sp³-hybridized carbons (Fsp3) is 0.500. The number of thiazole rings is 1. The lowest BCUT2D eigenvalue weighted by Gasteiger charge is -2.14. The maximum absolute atomic E-state index is 11.9. The van der Waals surface area contributed by atoms with Crippen molar-refractivity contribution in [1.82, 2.24) is 9.29 Å². The maximum Gasteiger partial charge on any atom is 0.303 e. The van der Waals surface area contributed by atoms with Gasteiger partial charge in [0.25, 0.3) is 0 Å². The molecule has 2 heterocycles. The molecule has 2 rings (SSSR count). The van der Waals surface area contributed by atoms with E-state index in [1.807, 2.05) is 0 Å². The summed E-state index contributed by atoms with van der Waals surface area (Å²) in [6, 6.07) is 0. The summed E-state index contributed by atoms with van der Waals surface area (Å²) >= 11 is 1.15. The molecule has 1 fully saturated rings. The van der Waals surface area contributed by atoms with Crippen LogP contribution in [-0.2, 0) is 10.2 Å². The molecule has 1 aromatic rings. The molecule has 0 saturated carbocycles. The Labute approximate surface area is 110 Å². The molecule has 0 radical (unpaired) electrons. The van der Waals surface area contributed by atoms with E-state index in [1.165, 1.54) is 10.5 Å². The van der Waals surface area contributed by atoms with Crippen LogP contribution < -0.4 is 4.72 Å². The summed E-state index contributed by atoms with van der Waals surface area (Å²) in [6.45, 7) is 0.877. The summed E-state index contributed by atoms with van der Waals surface area (Å²) in [4.78, 5) is 4.56. The second-order valence-electron chi connectivity index (χ2n) is 3.70. The van der Waals surface area contributed by atoms with Crippen LogP contribution in [0.4, 0.5) is 5.13 Å². The summed E-state index contributed by atoms with van der Waals surface area (Å²) in [7, 11) is -3.49. The van der Waals surface area contributed by atoms with Crippen molar-refractivity contribution in [2.45, 2.75) is 12.8 Å². The van der Waals surface area contributed by atoms with Gasteiger partial charge >= 0.3 is 10.2 Å². The van der Waals surface area contributed by atoms with E-state index in [0.717, 1.165) is 24.2 Å². The Balaban J connectivity index is 2.06. The number of nitrogens with one attached hydrogen (secondary N) is 1. The third-order valence-electron chi connectivity index (χ3n) is 2.42. The highest BCUT2D eigenvalue weighted by molar-refractivity contribution is 7.90. The number of aromatic nitrogens is 1. The fourth-order valence-electron chi connectivity index (χ4n) is 1.61.